The molecule has 2 aromatic carbocycles. The molecule has 2 heterocycles. The number of nitrogens with zero attached hydrogens (tertiary/aromatic N) is 2. The number of benzene rings is 2. The zero-order valence-corrected chi connectivity index (χ0v) is 13.2. The van der Waals surface area contributed by atoms with E-state index in [9.17, 15) is 0 Å². The number of hydrogen-bond donors (Lipinski definition) is 0. The van der Waals surface area contributed by atoms with Crippen LogP contribution in [0.3, 0.4) is 0 Å². The average molecular weight is 300 g/mol. The van der Waals surface area contributed by atoms with Crippen molar-refractivity contribution in [2.75, 3.05) is 0 Å². The lowest BCUT2D eigenvalue weighted by Gasteiger charge is -2.15. The second kappa shape index (κ2) is 5.09. The SMILES string of the molecule is C1=Cc2cc(C3CCCC3)cc3nc(-c4ccccc4)n(c23)C1. The highest BCUT2D eigenvalue weighted by Gasteiger charge is 2.22. The zero-order chi connectivity index (χ0) is 15.2. The van der Waals surface area contributed by atoms with E-state index >= 15 is 0 Å². The van der Waals surface area contributed by atoms with Crippen molar-refractivity contribution in [1.29, 1.82) is 0 Å². The minimum Gasteiger partial charge on any atom is -0.320 e. The molecule has 0 unspecified atom stereocenters. The van der Waals surface area contributed by atoms with Gasteiger partial charge in [-0.3, -0.25) is 0 Å². The molecule has 0 N–H and O–H groups in total. The van der Waals surface area contributed by atoms with Gasteiger partial charge in [0.05, 0.1) is 11.0 Å². The summed E-state index contributed by atoms with van der Waals surface area (Å²) in [6.07, 6.45) is 9.95. The van der Waals surface area contributed by atoms with E-state index < -0.39 is 0 Å². The number of rotatable bonds is 2. The van der Waals surface area contributed by atoms with E-state index in [1.807, 2.05) is 0 Å². The third-order valence-corrected chi connectivity index (χ3v) is 5.34. The summed E-state index contributed by atoms with van der Waals surface area (Å²) < 4.78 is 2.36. The number of aromatic nitrogens is 2. The fraction of sp³-hybridized carbons (Fsp3) is 0.286. The van der Waals surface area contributed by atoms with Crippen LogP contribution in [-0.2, 0) is 6.54 Å². The van der Waals surface area contributed by atoms with Crippen molar-refractivity contribution in [3.8, 4) is 11.4 Å². The average Bonchev–Trinajstić information content (AvgIpc) is 3.25. The first kappa shape index (κ1) is 13.1. The smallest absolute Gasteiger partial charge is 0.141 e. The summed E-state index contributed by atoms with van der Waals surface area (Å²) >= 11 is 0. The fourth-order valence-electron chi connectivity index (χ4n) is 4.22. The Kier molecular flexibility index (Phi) is 2.90. The van der Waals surface area contributed by atoms with Gasteiger partial charge in [-0.25, -0.2) is 4.98 Å². The van der Waals surface area contributed by atoms with Crippen molar-refractivity contribution in [3.05, 3.63) is 59.7 Å². The number of hydrogen-bond acceptors (Lipinski definition) is 1. The summed E-state index contributed by atoms with van der Waals surface area (Å²) in [5, 5.41) is 0. The lowest BCUT2D eigenvalue weighted by atomic mass is 9.94. The molecular weight excluding hydrogens is 280 g/mol. The second-order valence-corrected chi connectivity index (χ2v) is 6.77. The minimum absolute atomic E-state index is 0.733. The molecule has 0 atom stereocenters. The standard InChI is InChI=1S/C21H20N2/c1-2-9-16(10-3-1)21-22-19-14-18(15-7-4-5-8-15)13-17-11-6-12-23(21)20(17)19/h1-3,6,9-11,13-15H,4-5,7-8,12H2. The van der Waals surface area contributed by atoms with Gasteiger partial charge in [0.25, 0.3) is 0 Å². The van der Waals surface area contributed by atoms with Crippen molar-refractivity contribution in [2.24, 2.45) is 0 Å². The topological polar surface area (TPSA) is 17.8 Å². The van der Waals surface area contributed by atoms with Gasteiger partial charge >= 0.3 is 0 Å². The molecule has 2 heteroatoms. The molecule has 114 valence electrons. The van der Waals surface area contributed by atoms with Gasteiger partial charge in [-0.15, -0.1) is 0 Å². The highest BCUT2D eigenvalue weighted by Crippen LogP contribution is 2.38. The molecule has 1 aliphatic heterocycles. The molecule has 5 rings (SSSR count). The Morgan fingerprint density at radius 2 is 1.83 bits per heavy atom. The van der Waals surface area contributed by atoms with Gasteiger partial charge in [0.2, 0.25) is 0 Å². The second-order valence-electron chi connectivity index (χ2n) is 6.77. The van der Waals surface area contributed by atoms with Crippen LogP contribution in [0.1, 0.15) is 42.7 Å². The zero-order valence-electron chi connectivity index (χ0n) is 13.2. The highest BCUT2D eigenvalue weighted by atomic mass is 15.1. The Bertz CT molecular complexity index is 896. The van der Waals surface area contributed by atoms with E-state index in [-0.39, 0.29) is 0 Å². The van der Waals surface area contributed by atoms with Crippen molar-refractivity contribution in [1.82, 2.24) is 9.55 Å². The summed E-state index contributed by atoms with van der Waals surface area (Å²) in [7, 11) is 0. The minimum atomic E-state index is 0.733. The van der Waals surface area contributed by atoms with Gasteiger partial charge in [0.1, 0.15) is 5.82 Å². The van der Waals surface area contributed by atoms with Gasteiger partial charge < -0.3 is 4.57 Å². The van der Waals surface area contributed by atoms with E-state index in [2.05, 4.69) is 59.2 Å². The van der Waals surface area contributed by atoms with E-state index in [0.29, 0.717) is 0 Å². The first-order valence-electron chi connectivity index (χ1n) is 8.66. The lowest BCUT2D eigenvalue weighted by Crippen LogP contribution is -2.03. The molecule has 0 radical (unpaired) electrons. The maximum absolute atomic E-state index is 5.01. The van der Waals surface area contributed by atoms with E-state index in [0.717, 1.165) is 23.8 Å². The first-order chi connectivity index (χ1) is 11.4. The Morgan fingerprint density at radius 3 is 2.65 bits per heavy atom. The molecule has 1 aromatic heterocycles. The largest absolute Gasteiger partial charge is 0.320 e. The van der Waals surface area contributed by atoms with Crippen LogP contribution in [0.4, 0.5) is 0 Å². The monoisotopic (exact) mass is 300 g/mol. The lowest BCUT2D eigenvalue weighted by molar-refractivity contribution is 0.724. The molecule has 2 aliphatic rings. The van der Waals surface area contributed by atoms with Crippen LogP contribution in [0.2, 0.25) is 0 Å². The molecule has 0 amide bonds. The molecular formula is C21H20N2. The molecule has 1 aliphatic carbocycles. The predicted octanol–water partition coefficient (Wildman–Crippen LogP) is 5.39. The normalized spacial score (nSPS) is 17.2. The van der Waals surface area contributed by atoms with Crippen molar-refractivity contribution >= 4 is 17.1 Å². The summed E-state index contributed by atoms with van der Waals surface area (Å²) in [5.41, 5.74) is 6.49. The molecule has 0 bridgehead atoms. The Hall–Kier alpha value is -2.35. The van der Waals surface area contributed by atoms with Gasteiger partial charge in [-0.05, 0) is 36.5 Å². The molecule has 0 spiro atoms. The summed E-state index contributed by atoms with van der Waals surface area (Å²) in [5.74, 6) is 1.83. The Morgan fingerprint density at radius 1 is 1.00 bits per heavy atom. The van der Waals surface area contributed by atoms with Crippen LogP contribution in [-0.4, -0.2) is 9.55 Å². The molecule has 3 aromatic rings. The van der Waals surface area contributed by atoms with E-state index in [4.69, 9.17) is 4.98 Å². The van der Waals surface area contributed by atoms with Crippen molar-refractivity contribution < 1.29 is 0 Å². The molecule has 23 heavy (non-hydrogen) atoms. The van der Waals surface area contributed by atoms with Gasteiger partial charge in [-0.1, -0.05) is 55.3 Å². The maximum atomic E-state index is 5.01. The number of imidazole rings is 1. The molecule has 0 saturated heterocycles. The third kappa shape index (κ3) is 2.05. The van der Waals surface area contributed by atoms with Crippen LogP contribution in [0.5, 0.6) is 0 Å². The van der Waals surface area contributed by atoms with Crippen LogP contribution < -0.4 is 0 Å². The highest BCUT2D eigenvalue weighted by molar-refractivity contribution is 5.90. The summed E-state index contributed by atoms with van der Waals surface area (Å²) in [6.45, 7) is 0.913. The molecule has 1 fully saturated rings. The van der Waals surface area contributed by atoms with Crippen LogP contribution in [0.25, 0.3) is 28.5 Å². The van der Waals surface area contributed by atoms with Gasteiger partial charge in [0.15, 0.2) is 0 Å². The maximum Gasteiger partial charge on any atom is 0.141 e. The van der Waals surface area contributed by atoms with Gasteiger partial charge in [0, 0.05) is 17.7 Å². The Labute approximate surface area is 136 Å². The third-order valence-electron chi connectivity index (χ3n) is 5.34. The number of allylic oxidation sites excluding steroid dienone is 1. The van der Waals surface area contributed by atoms with E-state index in [1.54, 1.807) is 0 Å². The first-order valence-corrected chi connectivity index (χ1v) is 8.66. The summed E-state index contributed by atoms with van der Waals surface area (Å²) in [6, 6.07) is 15.3. The predicted molar refractivity (Wildman–Crippen MR) is 95.4 cm³/mol. The van der Waals surface area contributed by atoms with Crippen LogP contribution in [0.15, 0.2) is 48.5 Å². The fourth-order valence-corrected chi connectivity index (χ4v) is 4.22. The van der Waals surface area contributed by atoms with Crippen LogP contribution >= 0.6 is 0 Å². The molecule has 2 nitrogen and oxygen atoms in total. The summed E-state index contributed by atoms with van der Waals surface area (Å²) in [4.78, 5) is 5.01. The van der Waals surface area contributed by atoms with Crippen molar-refractivity contribution in [2.45, 2.75) is 38.1 Å². The van der Waals surface area contributed by atoms with Gasteiger partial charge in [-0.2, -0.15) is 0 Å². The molecule has 1 saturated carbocycles. The van der Waals surface area contributed by atoms with Crippen molar-refractivity contribution in [3.63, 3.8) is 0 Å². The Balaban J connectivity index is 1.73. The quantitative estimate of drug-likeness (QED) is 0.620. The van der Waals surface area contributed by atoms with E-state index in [1.165, 1.54) is 47.9 Å². The van der Waals surface area contributed by atoms with Crippen LogP contribution in [0, 0.1) is 0 Å².